The number of aliphatic hydroxyl groups is 1. The first kappa shape index (κ1) is 24.3. The molecule has 1 heterocycles. The number of ether oxygens (including phenoxy) is 1. The molecule has 1 aliphatic heterocycles. The van der Waals surface area contributed by atoms with E-state index >= 15 is 0 Å². The molecule has 0 aliphatic carbocycles. The molecule has 0 bridgehead atoms. The Balaban J connectivity index is 1.37. The van der Waals surface area contributed by atoms with Crippen LogP contribution in [0.1, 0.15) is 28.4 Å². The second-order valence-corrected chi connectivity index (χ2v) is 9.64. The highest BCUT2D eigenvalue weighted by molar-refractivity contribution is 5.40. The first-order valence-corrected chi connectivity index (χ1v) is 12.6. The van der Waals surface area contributed by atoms with Gasteiger partial charge in [0.1, 0.15) is 12.4 Å². The van der Waals surface area contributed by atoms with E-state index in [-0.39, 0.29) is 5.54 Å². The number of aliphatic hydroxyl groups excluding tert-OH is 1. The fourth-order valence-electron chi connectivity index (χ4n) is 5.28. The summed E-state index contributed by atoms with van der Waals surface area (Å²) in [6.07, 6.45) is -0.608. The minimum absolute atomic E-state index is 0.338. The van der Waals surface area contributed by atoms with Crippen molar-refractivity contribution >= 4 is 0 Å². The molecule has 4 heteroatoms. The first-order valence-electron chi connectivity index (χ1n) is 12.6. The summed E-state index contributed by atoms with van der Waals surface area (Å²) in [5, 5.41) is 11.4. The predicted octanol–water partition coefficient (Wildman–Crippen LogP) is 5.49. The van der Waals surface area contributed by atoms with Crippen LogP contribution in [-0.4, -0.2) is 48.1 Å². The standard InChI is InChI=1S/C32H34N2O2/c1-33-21-22-34(32(25-33,28-13-7-3-8-14-28)29-15-9-4-10-16-29)23-31(35)27-17-19-30(20-18-27)36-24-26-11-5-2-6-12-26/h2-20,31,35H,21-25H2,1H3. The second kappa shape index (κ2) is 11.1. The monoisotopic (exact) mass is 478 g/mol. The van der Waals surface area contributed by atoms with Crippen LogP contribution in [0.15, 0.2) is 115 Å². The van der Waals surface area contributed by atoms with Crippen molar-refractivity contribution < 1.29 is 9.84 Å². The fraction of sp³-hybridized carbons (Fsp3) is 0.250. The summed E-state index contributed by atoms with van der Waals surface area (Å²) < 4.78 is 5.94. The van der Waals surface area contributed by atoms with Gasteiger partial charge in [0.05, 0.1) is 11.6 Å². The zero-order valence-electron chi connectivity index (χ0n) is 20.8. The molecule has 1 saturated heterocycles. The van der Waals surface area contributed by atoms with E-state index in [1.165, 1.54) is 11.1 Å². The van der Waals surface area contributed by atoms with Crippen molar-refractivity contribution in [2.24, 2.45) is 0 Å². The highest BCUT2D eigenvalue weighted by Gasteiger charge is 2.44. The van der Waals surface area contributed by atoms with Crippen LogP contribution in [0.3, 0.4) is 0 Å². The van der Waals surface area contributed by atoms with Gasteiger partial charge in [0.2, 0.25) is 0 Å². The van der Waals surface area contributed by atoms with Crippen LogP contribution in [0.4, 0.5) is 0 Å². The summed E-state index contributed by atoms with van der Waals surface area (Å²) in [5.74, 6) is 0.803. The van der Waals surface area contributed by atoms with Crippen LogP contribution in [-0.2, 0) is 12.1 Å². The molecular weight excluding hydrogens is 444 g/mol. The molecular formula is C32H34N2O2. The van der Waals surface area contributed by atoms with E-state index in [1.807, 2.05) is 42.5 Å². The summed E-state index contributed by atoms with van der Waals surface area (Å²) in [4.78, 5) is 4.85. The summed E-state index contributed by atoms with van der Waals surface area (Å²) in [6, 6.07) is 39.4. The molecule has 0 aromatic heterocycles. The molecule has 5 rings (SSSR count). The van der Waals surface area contributed by atoms with Gasteiger partial charge in [-0.25, -0.2) is 0 Å². The van der Waals surface area contributed by atoms with Crippen LogP contribution >= 0.6 is 0 Å². The quantitative estimate of drug-likeness (QED) is 0.363. The molecule has 4 nitrogen and oxygen atoms in total. The minimum Gasteiger partial charge on any atom is -0.489 e. The maximum atomic E-state index is 11.4. The summed E-state index contributed by atoms with van der Waals surface area (Å²) >= 11 is 0. The highest BCUT2D eigenvalue weighted by atomic mass is 16.5. The Morgan fingerprint density at radius 1 is 0.750 bits per heavy atom. The number of benzene rings is 4. The van der Waals surface area contributed by atoms with Gasteiger partial charge in [-0.05, 0) is 41.4 Å². The third-order valence-corrected chi connectivity index (χ3v) is 7.20. The van der Waals surface area contributed by atoms with Gasteiger partial charge in [-0.2, -0.15) is 0 Å². The van der Waals surface area contributed by atoms with E-state index < -0.39 is 6.10 Å². The van der Waals surface area contributed by atoms with E-state index in [9.17, 15) is 5.11 Å². The average Bonchev–Trinajstić information content (AvgIpc) is 2.94. The molecule has 4 aromatic rings. The van der Waals surface area contributed by atoms with Gasteiger partial charge >= 0.3 is 0 Å². The summed E-state index contributed by atoms with van der Waals surface area (Å²) in [7, 11) is 2.18. The molecule has 0 spiro atoms. The average molecular weight is 479 g/mol. The van der Waals surface area contributed by atoms with E-state index in [0.29, 0.717) is 13.2 Å². The lowest BCUT2D eigenvalue weighted by Gasteiger charge is -2.51. The number of piperazine rings is 1. The molecule has 4 aromatic carbocycles. The molecule has 1 atom stereocenters. The maximum absolute atomic E-state index is 11.4. The lowest BCUT2D eigenvalue weighted by Crippen LogP contribution is -2.60. The fourth-order valence-corrected chi connectivity index (χ4v) is 5.28. The van der Waals surface area contributed by atoms with Gasteiger partial charge in [0.25, 0.3) is 0 Å². The maximum Gasteiger partial charge on any atom is 0.119 e. The number of nitrogens with zero attached hydrogens (tertiary/aromatic N) is 2. The van der Waals surface area contributed by atoms with Crippen molar-refractivity contribution in [2.75, 3.05) is 33.2 Å². The van der Waals surface area contributed by atoms with E-state index in [1.54, 1.807) is 0 Å². The lowest BCUT2D eigenvalue weighted by atomic mass is 9.79. The zero-order chi connectivity index (χ0) is 24.8. The molecule has 36 heavy (non-hydrogen) atoms. The largest absolute Gasteiger partial charge is 0.489 e. The Labute approximate surface area is 214 Å². The number of rotatable bonds is 8. The Hall–Kier alpha value is -3.44. The Bertz CT molecular complexity index is 1170. The summed E-state index contributed by atoms with van der Waals surface area (Å²) in [6.45, 7) is 3.76. The number of β-amino-alcohol motifs (C(OH)–C–C–N with tert-alkyl or cyclic N) is 1. The van der Waals surface area contributed by atoms with Gasteiger partial charge in [0.15, 0.2) is 0 Å². The van der Waals surface area contributed by atoms with Crippen molar-refractivity contribution in [3.05, 3.63) is 138 Å². The molecule has 1 aliphatic rings. The molecule has 1 unspecified atom stereocenters. The predicted molar refractivity (Wildman–Crippen MR) is 145 cm³/mol. The zero-order valence-corrected chi connectivity index (χ0v) is 20.8. The molecule has 0 radical (unpaired) electrons. The van der Waals surface area contributed by atoms with Crippen molar-refractivity contribution in [1.82, 2.24) is 9.80 Å². The van der Waals surface area contributed by atoms with Crippen LogP contribution in [0.5, 0.6) is 5.75 Å². The first-order chi connectivity index (χ1) is 17.6. The van der Waals surface area contributed by atoms with Crippen LogP contribution in [0, 0.1) is 0 Å². The van der Waals surface area contributed by atoms with Gasteiger partial charge in [-0.1, -0.05) is 103 Å². The Kier molecular flexibility index (Phi) is 7.47. The lowest BCUT2D eigenvalue weighted by molar-refractivity contribution is -0.00340. The molecule has 184 valence electrons. The topological polar surface area (TPSA) is 35.9 Å². The smallest absolute Gasteiger partial charge is 0.119 e. The second-order valence-electron chi connectivity index (χ2n) is 9.64. The Morgan fingerprint density at radius 2 is 1.31 bits per heavy atom. The molecule has 1 N–H and O–H groups in total. The number of hydrogen-bond acceptors (Lipinski definition) is 4. The minimum atomic E-state index is -0.608. The number of hydrogen-bond donors (Lipinski definition) is 1. The van der Waals surface area contributed by atoms with Crippen molar-refractivity contribution in [3.8, 4) is 5.75 Å². The van der Waals surface area contributed by atoms with Gasteiger partial charge in [0, 0.05) is 26.2 Å². The van der Waals surface area contributed by atoms with Gasteiger partial charge in [-0.15, -0.1) is 0 Å². The van der Waals surface area contributed by atoms with Crippen LogP contribution in [0.25, 0.3) is 0 Å². The van der Waals surface area contributed by atoms with E-state index in [4.69, 9.17) is 4.74 Å². The molecule has 0 amide bonds. The summed E-state index contributed by atoms with van der Waals surface area (Å²) in [5.41, 5.74) is 4.19. The highest BCUT2D eigenvalue weighted by Crippen LogP contribution is 2.40. The van der Waals surface area contributed by atoms with Crippen molar-refractivity contribution in [1.29, 1.82) is 0 Å². The molecule has 1 fully saturated rings. The van der Waals surface area contributed by atoms with Crippen molar-refractivity contribution in [3.63, 3.8) is 0 Å². The van der Waals surface area contributed by atoms with E-state index in [2.05, 4.69) is 89.6 Å². The van der Waals surface area contributed by atoms with Crippen LogP contribution < -0.4 is 4.74 Å². The third kappa shape index (κ3) is 5.21. The number of likely N-dealkylation sites (N-methyl/N-ethyl adjacent to an activating group) is 1. The van der Waals surface area contributed by atoms with Gasteiger partial charge in [-0.3, -0.25) is 4.90 Å². The SMILES string of the molecule is CN1CCN(CC(O)c2ccc(OCc3ccccc3)cc2)C(c2ccccc2)(c2ccccc2)C1. The van der Waals surface area contributed by atoms with E-state index in [0.717, 1.165) is 36.5 Å². The van der Waals surface area contributed by atoms with Gasteiger partial charge < -0.3 is 14.7 Å². The van der Waals surface area contributed by atoms with Crippen LogP contribution in [0.2, 0.25) is 0 Å². The normalized spacial score (nSPS) is 16.9. The third-order valence-electron chi connectivity index (χ3n) is 7.20. The van der Waals surface area contributed by atoms with Crippen molar-refractivity contribution in [2.45, 2.75) is 18.2 Å². The Morgan fingerprint density at radius 3 is 1.89 bits per heavy atom. The molecule has 0 saturated carbocycles.